The Kier molecular flexibility index (Phi) is 3.62. The summed E-state index contributed by atoms with van der Waals surface area (Å²) < 4.78 is 18.2. The second kappa shape index (κ2) is 5.37. The summed E-state index contributed by atoms with van der Waals surface area (Å²) in [6, 6.07) is 13.0. The normalized spacial score (nSPS) is 10.3. The molecule has 3 heteroatoms. The lowest BCUT2D eigenvalue weighted by Crippen LogP contribution is -1.95. The van der Waals surface area contributed by atoms with Crippen LogP contribution in [0.5, 0.6) is 0 Å². The molecule has 2 nitrogen and oxygen atoms in total. The summed E-state index contributed by atoms with van der Waals surface area (Å²) in [6.45, 7) is 0.930. The lowest BCUT2D eigenvalue weighted by molar-refractivity contribution is 0.107. The first-order valence-corrected chi connectivity index (χ1v) is 5.07. The van der Waals surface area contributed by atoms with Crippen LogP contribution < -0.4 is 0 Å². The van der Waals surface area contributed by atoms with Gasteiger partial charge in [-0.15, -0.1) is 0 Å². The molecule has 16 heavy (non-hydrogen) atoms. The van der Waals surface area contributed by atoms with Crippen molar-refractivity contribution in [1.29, 1.82) is 0 Å². The fourth-order valence-electron chi connectivity index (χ4n) is 1.39. The molecule has 0 fully saturated rings. The van der Waals surface area contributed by atoms with Gasteiger partial charge in [0, 0.05) is 6.20 Å². The summed E-state index contributed by atoms with van der Waals surface area (Å²) >= 11 is 0. The number of hydrogen-bond acceptors (Lipinski definition) is 2. The Labute approximate surface area is 93.7 Å². The first-order chi connectivity index (χ1) is 7.84. The maximum absolute atomic E-state index is 12.8. The third-order valence-electron chi connectivity index (χ3n) is 2.17. The summed E-state index contributed by atoms with van der Waals surface area (Å²) in [5.41, 5.74) is 1.90. The number of halogens is 1. The average molecular weight is 217 g/mol. The van der Waals surface area contributed by atoms with Crippen LogP contribution in [0, 0.1) is 5.95 Å². The Hall–Kier alpha value is -1.74. The van der Waals surface area contributed by atoms with Crippen molar-refractivity contribution in [2.24, 2.45) is 0 Å². The van der Waals surface area contributed by atoms with Crippen molar-refractivity contribution in [3.63, 3.8) is 0 Å². The molecule has 0 aliphatic heterocycles. The molecule has 0 unspecified atom stereocenters. The lowest BCUT2D eigenvalue weighted by atomic mass is 10.2. The van der Waals surface area contributed by atoms with Crippen LogP contribution in [0.3, 0.4) is 0 Å². The summed E-state index contributed by atoms with van der Waals surface area (Å²) in [5, 5.41) is 0. The van der Waals surface area contributed by atoms with Crippen LogP contribution in [0.1, 0.15) is 11.1 Å². The van der Waals surface area contributed by atoms with E-state index in [2.05, 4.69) is 4.98 Å². The standard InChI is InChI=1S/C13H12FNO/c14-13-8-12(6-7-15-13)10-16-9-11-4-2-1-3-5-11/h1-8H,9-10H2. The molecular formula is C13H12FNO. The molecule has 82 valence electrons. The van der Waals surface area contributed by atoms with Crippen LogP contribution in [-0.4, -0.2) is 4.98 Å². The molecule has 0 aliphatic carbocycles. The monoisotopic (exact) mass is 217 g/mol. The Balaban J connectivity index is 1.85. The highest BCUT2D eigenvalue weighted by Gasteiger charge is 1.97. The molecule has 2 rings (SSSR count). The van der Waals surface area contributed by atoms with Crippen LogP contribution in [0.2, 0.25) is 0 Å². The zero-order valence-electron chi connectivity index (χ0n) is 8.77. The first kappa shape index (κ1) is 10.8. The van der Waals surface area contributed by atoms with Crippen molar-refractivity contribution in [2.45, 2.75) is 13.2 Å². The van der Waals surface area contributed by atoms with Gasteiger partial charge in [-0.3, -0.25) is 0 Å². The van der Waals surface area contributed by atoms with Crippen molar-refractivity contribution < 1.29 is 9.13 Å². The fraction of sp³-hybridized carbons (Fsp3) is 0.154. The van der Waals surface area contributed by atoms with E-state index >= 15 is 0 Å². The predicted octanol–water partition coefficient (Wildman–Crippen LogP) is 2.94. The molecule has 1 aromatic heterocycles. The second-order valence-electron chi connectivity index (χ2n) is 3.47. The molecule has 1 heterocycles. The number of rotatable bonds is 4. The predicted molar refractivity (Wildman–Crippen MR) is 59.1 cm³/mol. The molecule has 0 N–H and O–H groups in total. The molecule has 1 aromatic carbocycles. The van der Waals surface area contributed by atoms with Crippen molar-refractivity contribution >= 4 is 0 Å². The summed E-state index contributed by atoms with van der Waals surface area (Å²) in [4.78, 5) is 3.48. The highest BCUT2D eigenvalue weighted by atomic mass is 19.1. The second-order valence-corrected chi connectivity index (χ2v) is 3.47. The first-order valence-electron chi connectivity index (χ1n) is 5.07. The molecular weight excluding hydrogens is 205 g/mol. The molecule has 0 bridgehead atoms. The van der Waals surface area contributed by atoms with Gasteiger partial charge in [-0.1, -0.05) is 30.3 Å². The van der Waals surface area contributed by atoms with Gasteiger partial charge in [0.05, 0.1) is 13.2 Å². The van der Waals surface area contributed by atoms with Gasteiger partial charge in [-0.05, 0) is 23.3 Å². The van der Waals surface area contributed by atoms with Crippen LogP contribution in [0.25, 0.3) is 0 Å². The zero-order chi connectivity index (χ0) is 11.2. The highest BCUT2D eigenvalue weighted by Crippen LogP contribution is 2.06. The summed E-state index contributed by atoms with van der Waals surface area (Å²) in [7, 11) is 0. The number of nitrogens with zero attached hydrogens (tertiary/aromatic N) is 1. The quantitative estimate of drug-likeness (QED) is 0.734. The molecule has 0 saturated carbocycles. The number of benzene rings is 1. The van der Waals surface area contributed by atoms with Crippen LogP contribution >= 0.6 is 0 Å². The van der Waals surface area contributed by atoms with E-state index in [1.54, 1.807) is 6.07 Å². The van der Waals surface area contributed by atoms with Gasteiger partial charge in [-0.25, -0.2) is 4.98 Å². The van der Waals surface area contributed by atoms with Gasteiger partial charge in [0.25, 0.3) is 0 Å². The molecule has 0 atom stereocenters. The van der Waals surface area contributed by atoms with Crippen molar-refractivity contribution in [3.8, 4) is 0 Å². The number of pyridine rings is 1. The van der Waals surface area contributed by atoms with Gasteiger partial charge in [0.15, 0.2) is 0 Å². The van der Waals surface area contributed by atoms with Crippen molar-refractivity contribution in [3.05, 3.63) is 65.7 Å². The number of ether oxygens (including phenoxy) is 1. The number of aromatic nitrogens is 1. The molecule has 2 aromatic rings. The molecule has 0 spiro atoms. The molecule has 0 amide bonds. The van der Waals surface area contributed by atoms with Crippen LogP contribution in [0.4, 0.5) is 4.39 Å². The third-order valence-corrected chi connectivity index (χ3v) is 2.17. The van der Waals surface area contributed by atoms with Gasteiger partial charge in [0.2, 0.25) is 5.95 Å². The Morgan fingerprint density at radius 1 is 1.00 bits per heavy atom. The fourth-order valence-corrected chi connectivity index (χ4v) is 1.39. The Morgan fingerprint density at radius 3 is 2.50 bits per heavy atom. The minimum absolute atomic E-state index is 0.397. The van der Waals surface area contributed by atoms with Gasteiger partial charge >= 0.3 is 0 Å². The Morgan fingerprint density at radius 2 is 1.75 bits per heavy atom. The Bertz CT molecular complexity index is 445. The van der Waals surface area contributed by atoms with E-state index in [9.17, 15) is 4.39 Å². The smallest absolute Gasteiger partial charge is 0.213 e. The van der Waals surface area contributed by atoms with Gasteiger partial charge < -0.3 is 4.74 Å². The van der Waals surface area contributed by atoms with Crippen LogP contribution in [0.15, 0.2) is 48.7 Å². The van der Waals surface area contributed by atoms with Gasteiger partial charge in [-0.2, -0.15) is 4.39 Å². The molecule has 0 saturated heterocycles. The maximum atomic E-state index is 12.8. The average Bonchev–Trinajstić information content (AvgIpc) is 2.30. The van der Waals surface area contributed by atoms with Crippen molar-refractivity contribution in [1.82, 2.24) is 4.98 Å². The minimum atomic E-state index is -0.471. The maximum Gasteiger partial charge on any atom is 0.213 e. The highest BCUT2D eigenvalue weighted by molar-refractivity contribution is 5.14. The van der Waals surface area contributed by atoms with E-state index in [1.807, 2.05) is 30.3 Å². The number of hydrogen-bond donors (Lipinski definition) is 0. The van der Waals surface area contributed by atoms with E-state index in [1.165, 1.54) is 12.3 Å². The SMILES string of the molecule is Fc1cc(COCc2ccccc2)ccn1. The molecule has 0 radical (unpaired) electrons. The summed E-state index contributed by atoms with van der Waals surface area (Å²) in [6.07, 6.45) is 1.44. The van der Waals surface area contributed by atoms with Crippen LogP contribution in [-0.2, 0) is 18.0 Å². The topological polar surface area (TPSA) is 22.1 Å². The third kappa shape index (κ3) is 3.14. The lowest BCUT2D eigenvalue weighted by Gasteiger charge is -2.04. The largest absolute Gasteiger partial charge is 0.372 e. The summed E-state index contributed by atoms with van der Waals surface area (Å²) in [5.74, 6) is -0.471. The minimum Gasteiger partial charge on any atom is -0.372 e. The van der Waals surface area contributed by atoms with E-state index < -0.39 is 5.95 Å². The van der Waals surface area contributed by atoms with Gasteiger partial charge in [0.1, 0.15) is 0 Å². The molecule has 0 aliphatic rings. The zero-order valence-corrected chi connectivity index (χ0v) is 8.77. The van der Waals surface area contributed by atoms with E-state index in [0.29, 0.717) is 13.2 Å². The van der Waals surface area contributed by atoms with Crippen molar-refractivity contribution in [2.75, 3.05) is 0 Å². The van der Waals surface area contributed by atoms with E-state index in [-0.39, 0.29) is 0 Å². The van der Waals surface area contributed by atoms with E-state index in [4.69, 9.17) is 4.74 Å². The van der Waals surface area contributed by atoms with E-state index in [0.717, 1.165) is 11.1 Å².